The van der Waals surface area contributed by atoms with Gasteiger partial charge in [0.25, 0.3) is 0 Å². The van der Waals surface area contributed by atoms with Crippen LogP contribution in [-0.2, 0) is 6.54 Å². The zero-order valence-electron chi connectivity index (χ0n) is 10.6. The lowest BCUT2D eigenvalue weighted by molar-refractivity contribution is 0.510. The molecule has 0 aliphatic rings. The number of nitrogens with zero attached hydrogens (tertiary/aromatic N) is 3. The van der Waals surface area contributed by atoms with Gasteiger partial charge in [-0.2, -0.15) is 5.26 Å². The topological polar surface area (TPSA) is 41.6 Å². The summed E-state index contributed by atoms with van der Waals surface area (Å²) in [6, 6.07) is 9.11. The number of halogens is 3. The number of benzene rings is 2. The number of imidazole rings is 1. The first-order valence-corrected chi connectivity index (χ1v) is 6.44. The van der Waals surface area contributed by atoms with Gasteiger partial charge in [0.15, 0.2) is 11.6 Å². The molecule has 0 N–H and O–H groups in total. The lowest BCUT2D eigenvalue weighted by Gasteiger charge is -2.07. The first-order valence-electron chi connectivity index (χ1n) is 6.07. The van der Waals surface area contributed by atoms with Gasteiger partial charge in [-0.05, 0) is 17.7 Å². The molecule has 0 fully saturated rings. The van der Waals surface area contributed by atoms with Gasteiger partial charge in [-0.1, -0.05) is 17.7 Å². The Balaban J connectivity index is 2.03. The van der Waals surface area contributed by atoms with Crippen molar-refractivity contribution in [2.75, 3.05) is 0 Å². The van der Waals surface area contributed by atoms with Crippen molar-refractivity contribution in [3.8, 4) is 6.07 Å². The molecule has 0 radical (unpaired) electrons. The number of fused-ring (bicyclic) bond motifs is 1. The van der Waals surface area contributed by atoms with E-state index in [1.165, 1.54) is 6.33 Å². The second-order valence-corrected chi connectivity index (χ2v) is 4.95. The minimum Gasteiger partial charge on any atom is -0.326 e. The monoisotopic (exact) mass is 303 g/mol. The van der Waals surface area contributed by atoms with Gasteiger partial charge in [0, 0.05) is 17.2 Å². The van der Waals surface area contributed by atoms with E-state index >= 15 is 0 Å². The van der Waals surface area contributed by atoms with Crippen molar-refractivity contribution in [3.63, 3.8) is 0 Å². The van der Waals surface area contributed by atoms with Gasteiger partial charge < -0.3 is 4.57 Å². The molecule has 1 aromatic heterocycles. The van der Waals surface area contributed by atoms with Gasteiger partial charge in [0.1, 0.15) is 0 Å². The smallest absolute Gasteiger partial charge is 0.161 e. The summed E-state index contributed by atoms with van der Waals surface area (Å²) in [5.41, 5.74) is 2.08. The summed E-state index contributed by atoms with van der Waals surface area (Å²) in [4.78, 5) is 4.04. The Bertz CT molecular complexity index is 880. The van der Waals surface area contributed by atoms with Crippen LogP contribution >= 0.6 is 11.6 Å². The molecule has 3 nitrogen and oxygen atoms in total. The minimum absolute atomic E-state index is 0.353. The third-order valence-electron chi connectivity index (χ3n) is 3.19. The van der Waals surface area contributed by atoms with E-state index in [1.54, 1.807) is 22.8 Å². The van der Waals surface area contributed by atoms with E-state index in [0.29, 0.717) is 28.2 Å². The van der Waals surface area contributed by atoms with Gasteiger partial charge in [0.05, 0.1) is 35.5 Å². The lowest BCUT2D eigenvalue weighted by atomic mass is 10.1. The predicted octanol–water partition coefficient (Wildman–Crippen LogP) is 3.89. The summed E-state index contributed by atoms with van der Waals surface area (Å²) in [5.74, 6) is -1.85. The first-order chi connectivity index (χ1) is 10.1. The fourth-order valence-electron chi connectivity index (χ4n) is 2.11. The molecule has 0 saturated heterocycles. The summed E-state index contributed by atoms with van der Waals surface area (Å²) < 4.78 is 28.2. The van der Waals surface area contributed by atoms with Crippen LogP contribution in [-0.4, -0.2) is 9.55 Å². The molecule has 0 amide bonds. The van der Waals surface area contributed by atoms with Crippen molar-refractivity contribution >= 4 is 22.6 Å². The molecule has 0 unspecified atom stereocenters. The van der Waals surface area contributed by atoms with Crippen LogP contribution < -0.4 is 0 Å². The second kappa shape index (κ2) is 5.15. The third kappa shape index (κ3) is 2.46. The van der Waals surface area contributed by atoms with E-state index in [1.807, 2.05) is 6.07 Å². The van der Waals surface area contributed by atoms with Gasteiger partial charge >= 0.3 is 0 Å². The quantitative estimate of drug-likeness (QED) is 0.721. The Morgan fingerprint density at radius 2 is 1.95 bits per heavy atom. The minimum atomic E-state index is -0.927. The fourth-order valence-corrected chi connectivity index (χ4v) is 2.35. The summed E-state index contributed by atoms with van der Waals surface area (Å²) >= 11 is 6.11. The first kappa shape index (κ1) is 13.5. The average Bonchev–Trinajstić information content (AvgIpc) is 2.84. The standard InChI is InChI=1S/C15H8ClF2N3/c16-11-3-9(6-19)1-2-10(11)7-21-8-20-14-4-12(17)13(18)5-15(14)21/h1-5,8H,7H2. The number of hydrogen-bond donors (Lipinski definition) is 0. The highest BCUT2D eigenvalue weighted by Crippen LogP contribution is 2.22. The Morgan fingerprint density at radius 1 is 1.19 bits per heavy atom. The molecule has 6 heteroatoms. The zero-order chi connectivity index (χ0) is 15.0. The SMILES string of the molecule is N#Cc1ccc(Cn2cnc3cc(F)c(F)cc32)c(Cl)c1. The van der Waals surface area contributed by atoms with Crippen molar-refractivity contribution in [2.45, 2.75) is 6.54 Å². The van der Waals surface area contributed by atoms with E-state index in [0.717, 1.165) is 17.7 Å². The molecule has 1 heterocycles. The average molecular weight is 304 g/mol. The number of hydrogen-bond acceptors (Lipinski definition) is 2. The number of rotatable bonds is 2. The summed E-state index contributed by atoms with van der Waals surface area (Å²) in [7, 11) is 0. The van der Waals surface area contributed by atoms with Crippen LogP contribution in [0.4, 0.5) is 8.78 Å². The van der Waals surface area contributed by atoms with E-state index in [-0.39, 0.29) is 0 Å². The van der Waals surface area contributed by atoms with E-state index in [4.69, 9.17) is 16.9 Å². The number of nitriles is 1. The molecular formula is C15H8ClF2N3. The zero-order valence-corrected chi connectivity index (χ0v) is 11.4. The summed E-state index contributed by atoms with van der Waals surface area (Å²) in [6.07, 6.45) is 1.50. The molecule has 0 saturated carbocycles. The van der Waals surface area contributed by atoms with Crippen molar-refractivity contribution < 1.29 is 8.78 Å². The highest BCUT2D eigenvalue weighted by atomic mass is 35.5. The van der Waals surface area contributed by atoms with Gasteiger partial charge in [0.2, 0.25) is 0 Å². The molecule has 104 valence electrons. The highest BCUT2D eigenvalue weighted by molar-refractivity contribution is 6.31. The van der Waals surface area contributed by atoms with Crippen LogP contribution in [0.25, 0.3) is 11.0 Å². The van der Waals surface area contributed by atoms with Crippen LogP contribution in [0.1, 0.15) is 11.1 Å². The molecule has 2 aromatic carbocycles. The second-order valence-electron chi connectivity index (χ2n) is 4.55. The predicted molar refractivity (Wildman–Crippen MR) is 74.9 cm³/mol. The largest absolute Gasteiger partial charge is 0.326 e. The Kier molecular flexibility index (Phi) is 3.32. The normalized spacial score (nSPS) is 10.8. The molecule has 0 atom stereocenters. The Hall–Kier alpha value is -2.45. The van der Waals surface area contributed by atoms with E-state index in [9.17, 15) is 8.78 Å². The van der Waals surface area contributed by atoms with Crippen LogP contribution in [0.15, 0.2) is 36.7 Å². The Labute approximate surface area is 124 Å². The van der Waals surface area contributed by atoms with Gasteiger partial charge in [-0.25, -0.2) is 13.8 Å². The Morgan fingerprint density at radius 3 is 2.67 bits per heavy atom. The maximum Gasteiger partial charge on any atom is 0.161 e. The number of aromatic nitrogens is 2. The summed E-state index contributed by atoms with van der Waals surface area (Å²) in [5, 5.41) is 9.25. The van der Waals surface area contributed by atoms with Crippen molar-refractivity contribution in [1.29, 1.82) is 5.26 Å². The van der Waals surface area contributed by atoms with Crippen LogP contribution in [0, 0.1) is 23.0 Å². The third-order valence-corrected chi connectivity index (χ3v) is 3.54. The van der Waals surface area contributed by atoms with Crippen LogP contribution in [0.5, 0.6) is 0 Å². The maximum atomic E-state index is 13.3. The molecule has 0 spiro atoms. The van der Waals surface area contributed by atoms with Crippen molar-refractivity contribution in [2.24, 2.45) is 0 Å². The van der Waals surface area contributed by atoms with Crippen molar-refractivity contribution in [1.82, 2.24) is 9.55 Å². The van der Waals surface area contributed by atoms with Gasteiger partial charge in [-0.15, -0.1) is 0 Å². The highest BCUT2D eigenvalue weighted by Gasteiger charge is 2.10. The maximum absolute atomic E-state index is 13.3. The molecule has 3 rings (SSSR count). The van der Waals surface area contributed by atoms with E-state index < -0.39 is 11.6 Å². The molecule has 3 aromatic rings. The molecule has 21 heavy (non-hydrogen) atoms. The van der Waals surface area contributed by atoms with Crippen molar-refractivity contribution in [3.05, 3.63) is 64.4 Å². The fraction of sp³-hybridized carbons (Fsp3) is 0.0667. The molecule has 0 aliphatic heterocycles. The molecule has 0 aliphatic carbocycles. The van der Waals surface area contributed by atoms with E-state index in [2.05, 4.69) is 4.98 Å². The molecule has 0 bridgehead atoms. The molecular weight excluding hydrogens is 296 g/mol. The van der Waals surface area contributed by atoms with Crippen LogP contribution in [0.2, 0.25) is 5.02 Å². The lowest BCUT2D eigenvalue weighted by Crippen LogP contribution is -1.99. The van der Waals surface area contributed by atoms with Gasteiger partial charge in [-0.3, -0.25) is 0 Å². The summed E-state index contributed by atoms with van der Waals surface area (Å²) in [6.45, 7) is 0.353. The van der Waals surface area contributed by atoms with Crippen LogP contribution in [0.3, 0.4) is 0 Å².